The summed E-state index contributed by atoms with van der Waals surface area (Å²) in [6.45, 7) is 9.51. The lowest BCUT2D eigenvalue weighted by Gasteiger charge is -2.20. The third-order valence-electron chi connectivity index (χ3n) is 4.42. The minimum absolute atomic E-state index is 0.807. The van der Waals surface area contributed by atoms with Gasteiger partial charge in [-0.2, -0.15) is 0 Å². The van der Waals surface area contributed by atoms with E-state index in [1.807, 2.05) is 0 Å². The van der Waals surface area contributed by atoms with Crippen LogP contribution in [-0.2, 0) is 0 Å². The molecule has 0 aromatic rings. The Balaban J connectivity index is 1.67. The van der Waals surface area contributed by atoms with Crippen molar-refractivity contribution in [1.29, 1.82) is 0 Å². The molecule has 0 saturated heterocycles. The standard InChI is InChI=1S/C12H22/c1-5-12(4)10-9(11(10)12)7-6-8(2)3/h8-11H,5-7H2,1-4H3. The number of hydrogen-bond acceptors (Lipinski definition) is 0. The monoisotopic (exact) mass is 166 g/mol. The average molecular weight is 166 g/mol. The van der Waals surface area contributed by atoms with E-state index in [2.05, 4.69) is 27.7 Å². The van der Waals surface area contributed by atoms with Crippen molar-refractivity contribution in [2.75, 3.05) is 0 Å². The summed E-state index contributed by atoms with van der Waals surface area (Å²) < 4.78 is 0. The van der Waals surface area contributed by atoms with Gasteiger partial charge in [0.2, 0.25) is 0 Å². The highest BCUT2D eigenvalue weighted by Gasteiger charge is 2.78. The molecule has 2 aliphatic carbocycles. The number of rotatable bonds is 4. The van der Waals surface area contributed by atoms with Crippen LogP contribution in [0.15, 0.2) is 0 Å². The van der Waals surface area contributed by atoms with E-state index in [1.54, 1.807) is 0 Å². The van der Waals surface area contributed by atoms with Crippen LogP contribution in [0.3, 0.4) is 0 Å². The summed E-state index contributed by atoms with van der Waals surface area (Å²) in [4.78, 5) is 0. The summed E-state index contributed by atoms with van der Waals surface area (Å²) in [6, 6.07) is 0. The largest absolute Gasteiger partial charge is 0.0648 e. The molecule has 0 aromatic heterocycles. The summed E-state index contributed by atoms with van der Waals surface area (Å²) in [5.41, 5.74) is 0.807. The van der Waals surface area contributed by atoms with Gasteiger partial charge in [-0.05, 0) is 35.5 Å². The molecule has 0 N–H and O–H groups in total. The van der Waals surface area contributed by atoms with Crippen LogP contribution in [0.4, 0.5) is 0 Å². The molecule has 12 heavy (non-hydrogen) atoms. The normalized spacial score (nSPS) is 49.2. The molecule has 2 aliphatic rings. The Morgan fingerprint density at radius 2 is 1.83 bits per heavy atom. The maximum atomic E-state index is 2.48. The Bertz CT molecular complexity index is 170. The van der Waals surface area contributed by atoms with Gasteiger partial charge in [0, 0.05) is 0 Å². The molecule has 70 valence electrons. The Morgan fingerprint density at radius 3 is 2.25 bits per heavy atom. The SMILES string of the molecule is CCC1(C)C2C(CCC(C)C)C21. The molecule has 0 spiro atoms. The van der Waals surface area contributed by atoms with Crippen LogP contribution in [0.25, 0.3) is 0 Å². The first kappa shape index (κ1) is 8.59. The van der Waals surface area contributed by atoms with E-state index in [9.17, 15) is 0 Å². The van der Waals surface area contributed by atoms with E-state index >= 15 is 0 Å². The van der Waals surface area contributed by atoms with Crippen LogP contribution in [0, 0.1) is 29.1 Å². The molecule has 0 aliphatic heterocycles. The third kappa shape index (κ3) is 1.03. The molecule has 0 bridgehead atoms. The van der Waals surface area contributed by atoms with Crippen molar-refractivity contribution in [2.45, 2.75) is 47.0 Å². The van der Waals surface area contributed by atoms with Crippen LogP contribution in [0.5, 0.6) is 0 Å². The molecule has 0 nitrogen and oxygen atoms in total. The van der Waals surface area contributed by atoms with Crippen LogP contribution in [0.1, 0.15) is 47.0 Å². The van der Waals surface area contributed by atoms with Crippen molar-refractivity contribution >= 4 is 0 Å². The topological polar surface area (TPSA) is 0 Å². The van der Waals surface area contributed by atoms with Crippen molar-refractivity contribution in [1.82, 2.24) is 0 Å². The number of hydrogen-bond donors (Lipinski definition) is 0. The highest BCUT2D eigenvalue weighted by Crippen LogP contribution is 2.83. The highest BCUT2D eigenvalue weighted by atomic mass is 14.8. The minimum atomic E-state index is 0.807. The van der Waals surface area contributed by atoms with E-state index in [4.69, 9.17) is 0 Å². The lowest BCUT2D eigenvalue weighted by atomic mass is 9.85. The van der Waals surface area contributed by atoms with Gasteiger partial charge in [0.15, 0.2) is 0 Å². The highest BCUT2D eigenvalue weighted by molar-refractivity contribution is 5.26. The van der Waals surface area contributed by atoms with Crippen molar-refractivity contribution in [3.8, 4) is 0 Å². The van der Waals surface area contributed by atoms with Gasteiger partial charge in [-0.25, -0.2) is 0 Å². The average Bonchev–Trinajstić information content (AvgIpc) is 2.86. The Morgan fingerprint density at radius 1 is 1.25 bits per heavy atom. The molecule has 2 unspecified atom stereocenters. The molecule has 0 aromatic carbocycles. The van der Waals surface area contributed by atoms with Gasteiger partial charge >= 0.3 is 0 Å². The minimum Gasteiger partial charge on any atom is -0.0648 e. The Hall–Kier alpha value is 0. The van der Waals surface area contributed by atoms with E-state index in [0.717, 1.165) is 29.1 Å². The third-order valence-corrected chi connectivity index (χ3v) is 4.42. The summed E-state index contributed by atoms with van der Waals surface area (Å²) in [5, 5.41) is 0. The van der Waals surface area contributed by atoms with Crippen LogP contribution in [0.2, 0.25) is 0 Å². The van der Waals surface area contributed by atoms with Crippen molar-refractivity contribution in [3.63, 3.8) is 0 Å². The van der Waals surface area contributed by atoms with Crippen molar-refractivity contribution in [2.24, 2.45) is 29.1 Å². The Kier molecular flexibility index (Phi) is 1.79. The molecule has 0 amide bonds. The second kappa shape index (κ2) is 2.49. The van der Waals surface area contributed by atoms with Gasteiger partial charge in [-0.1, -0.05) is 40.5 Å². The molecule has 0 heteroatoms. The summed E-state index contributed by atoms with van der Waals surface area (Å²) in [5.74, 6) is 4.37. The zero-order valence-corrected chi connectivity index (χ0v) is 8.93. The molecule has 2 rings (SSSR count). The zero-order chi connectivity index (χ0) is 8.93. The van der Waals surface area contributed by atoms with Gasteiger partial charge in [0.1, 0.15) is 0 Å². The van der Waals surface area contributed by atoms with Gasteiger partial charge in [0.25, 0.3) is 0 Å². The van der Waals surface area contributed by atoms with E-state index < -0.39 is 0 Å². The summed E-state index contributed by atoms with van der Waals surface area (Å²) >= 11 is 0. The lowest BCUT2D eigenvalue weighted by molar-refractivity contribution is 0.293. The Labute approximate surface area is 76.7 Å². The molecule has 0 radical (unpaired) electrons. The first-order valence-corrected chi connectivity index (χ1v) is 5.61. The molecule has 2 fully saturated rings. The van der Waals surface area contributed by atoms with Crippen molar-refractivity contribution < 1.29 is 0 Å². The molecular formula is C12H22. The van der Waals surface area contributed by atoms with E-state index in [0.29, 0.717) is 0 Å². The lowest BCUT2D eigenvalue weighted by Crippen LogP contribution is -2.12. The fraction of sp³-hybridized carbons (Fsp3) is 1.00. The fourth-order valence-corrected chi connectivity index (χ4v) is 3.23. The van der Waals surface area contributed by atoms with E-state index in [-0.39, 0.29) is 0 Å². The molecule has 0 heterocycles. The van der Waals surface area contributed by atoms with Gasteiger partial charge in [0.05, 0.1) is 0 Å². The second-order valence-electron chi connectivity index (χ2n) is 5.55. The predicted molar refractivity (Wildman–Crippen MR) is 52.9 cm³/mol. The maximum Gasteiger partial charge on any atom is -0.0260 e. The maximum absolute atomic E-state index is 2.48. The zero-order valence-electron chi connectivity index (χ0n) is 8.93. The van der Waals surface area contributed by atoms with Crippen LogP contribution < -0.4 is 0 Å². The first-order valence-electron chi connectivity index (χ1n) is 5.61. The van der Waals surface area contributed by atoms with Crippen molar-refractivity contribution in [3.05, 3.63) is 0 Å². The first-order chi connectivity index (χ1) is 5.61. The van der Waals surface area contributed by atoms with Gasteiger partial charge in [-0.3, -0.25) is 0 Å². The molecular weight excluding hydrogens is 144 g/mol. The molecule has 2 atom stereocenters. The predicted octanol–water partition coefficient (Wildman–Crippen LogP) is 3.71. The van der Waals surface area contributed by atoms with E-state index in [1.165, 1.54) is 19.3 Å². The fourth-order valence-electron chi connectivity index (χ4n) is 3.23. The molecule has 2 saturated carbocycles. The second-order valence-corrected chi connectivity index (χ2v) is 5.55. The smallest absolute Gasteiger partial charge is 0.0260 e. The summed E-state index contributed by atoms with van der Waals surface area (Å²) in [6.07, 6.45) is 4.39. The van der Waals surface area contributed by atoms with Crippen LogP contribution in [-0.4, -0.2) is 0 Å². The van der Waals surface area contributed by atoms with Gasteiger partial charge in [-0.15, -0.1) is 0 Å². The summed E-state index contributed by atoms with van der Waals surface area (Å²) in [7, 11) is 0. The number of fused-ring (bicyclic) bond motifs is 1. The van der Waals surface area contributed by atoms with Gasteiger partial charge < -0.3 is 0 Å². The van der Waals surface area contributed by atoms with Crippen LogP contribution >= 0.6 is 0 Å². The quantitative estimate of drug-likeness (QED) is 0.597.